The predicted molar refractivity (Wildman–Crippen MR) is 97.1 cm³/mol. The molecule has 0 atom stereocenters. The summed E-state index contributed by atoms with van der Waals surface area (Å²) in [7, 11) is 0. The van der Waals surface area contributed by atoms with Gasteiger partial charge >= 0.3 is 0 Å². The third kappa shape index (κ3) is 20.0. The molecule has 0 rings (SSSR count). The zero-order valence-electron chi connectivity index (χ0n) is 15.2. The molecule has 0 heterocycles. The topological polar surface area (TPSA) is 14.1 Å². The van der Waals surface area contributed by atoms with Crippen LogP contribution < -0.4 is 5.32 Å². The Morgan fingerprint density at radius 2 is 0.667 bits per heavy atom. The van der Waals surface area contributed by atoms with Crippen LogP contribution in [0.1, 0.15) is 117 Å². The molecule has 0 amide bonds. The van der Waals surface area contributed by atoms with Crippen molar-refractivity contribution < 1.29 is 0 Å². The van der Waals surface area contributed by atoms with Crippen molar-refractivity contribution in [2.45, 2.75) is 117 Å². The van der Waals surface area contributed by atoms with Crippen molar-refractivity contribution in [3.63, 3.8) is 0 Å². The second-order valence-corrected chi connectivity index (χ2v) is 6.62. The van der Waals surface area contributed by atoms with Crippen LogP contribution in [-0.2, 0) is 0 Å². The molecule has 0 saturated carbocycles. The van der Waals surface area contributed by atoms with Gasteiger partial charge in [-0.25, -0.2) is 5.32 Å². The third-order valence-corrected chi connectivity index (χ3v) is 4.34. The molecule has 0 saturated heterocycles. The molecule has 0 aliphatic heterocycles. The Kier molecular flexibility index (Phi) is 19.9. The summed E-state index contributed by atoms with van der Waals surface area (Å²) >= 11 is 0. The van der Waals surface area contributed by atoms with Gasteiger partial charge in [0.2, 0.25) is 0 Å². The summed E-state index contributed by atoms with van der Waals surface area (Å²) in [6.45, 7) is 6.80. The number of hydrogen-bond acceptors (Lipinski definition) is 0. The summed E-state index contributed by atoms with van der Waals surface area (Å²) in [5.74, 6) is 0. The van der Waals surface area contributed by atoms with Crippen LogP contribution in [0, 0.1) is 0 Å². The van der Waals surface area contributed by atoms with E-state index in [0.29, 0.717) is 0 Å². The summed E-state index contributed by atoms with van der Waals surface area (Å²) in [6.07, 6.45) is 22.5. The Balaban J connectivity index is 2.90. The smallest absolute Gasteiger partial charge is 0.0133 e. The van der Waals surface area contributed by atoms with Crippen LogP contribution in [0.25, 0.3) is 0 Å². The van der Waals surface area contributed by atoms with E-state index >= 15 is 0 Å². The molecule has 0 aromatic heterocycles. The Hall–Kier alpha value is -0.0400. The number of nitrogens with zero attached hydrogens (tertiary/aromatic N) is 1. The van der Waals surface area contributed by atoms with Gasteiger partial charge in [-0.1, -0.05) is 104 Å². The third-order valence-electron chi connectivity index (χ3n) is 4.34. The van der Waals surface area contributed by atoms with Gasteiger partial charge in [0.05, 0.1) is 0 Å². The highest BCUT2D eigenvalue weighted by Crippen LogP contribution is 2.09. The van der Waals surface area contributed by atoms with Gasteiger partial charge in [-0.3, -0.25) is 0 Å². The molecule has 0 aliphatic rings. The summed E-state index contributed by atoms with van der Waals surface area (Å²) in [5, 5.41) is 4.67. The zero-order valence-corrected chi connectivity index (χ0v) is 15.2. The zero-order chi connectivity index (χ0) is 15.4. The standard InChI is InChI=1S/C20H42N/c1-3-5-7-9-11-13-15-17-19-21-20-18-16-14-12-10-8-6-4-2/h3-20H2,1-2H3. The number of rotatable bonds is 18. The van der Waals surface area contributed by atoms with Crippen LogP contribution >= 0.6 is 0 Å². The van der Waals surface area contributed by atoms with Crippen molar-refractivity contribution in [1.29, 1.82) is 0 Å². The molecule has 0 spiro atoms. The Bertz CT molecular complexity index is 149. The van der Waals surface area contributed by atoms with Gasteiger partial charge in [-0.15, -0.1) is 0 Å². The van der Waals surface area contributed by atoms with E-state index in [1.54, 1.807) is 0 Å². The van der Waals surface area contributed by atoms with Gasteiger partial charge in [-0.2, -0.15) is 0 Å². The fourth-order valence-corrected chi connectivity index (χ4v) is 2.83. The highest BCUT2D eigenvalue weighted by Gasteiger charge is 1.94. The van der Waals surface area contributed by atoms with Gasteiger partial charge in [0, 0.05) is 13.1 Å². The van der Waals surface area contributed by atoms with Crippen LogP contribution in [0.15, 0.2) is 0 Å². The van der Waals surface area contributed by atoms with Crippen molar-refractivity contribution in [1.82, 2.24) is 5.32 Å². The maximum atomic E-state index is 4.67. The van der Waals surface area contributed by atoms with Crippen molar-refractivity contribution in [3.8, 4) is 0 Å². The summed E-state index contributed by atoms with van der Waals surface area (Å²) < 4.78 is 0. The minimum atomic E-state index is 1.12. The van der Waals surface area contributed by atoms with Crippen molar-refractivity contribution in [2.24, 2.45) is 0 Å². The second-order valence-electron chi connectivity index (χ2n) is 6.62. The summed E-state index contributed by atoms with van der Waals surface area (Å²) in [5.41, 5.74) is 0. The summed E-state index contributed by atoms with van der Waals surface area (Å²) in [4.78, 5) is 0. The molecule has 0 bridgehead atoms. The fraction of sp³-hybridized carbons (Fsp3) is 1.00. The minimum Gasteiger partial charge on any atom is -0.242 e. The SMILES string of the molecule is CCCCCCCCCC[N]CCCCCCCCCC. The van der Waals surface area contributed by atoms with Crippen LogP contribution in [0.3, 0.4) is 0 Å². The highest BCUT2D eigenvalue weighted by molar-refractivity contribution is 4.52. The van der Waals surface area contributed by atoms with Crippen LogP contribution in [-0.4, -0.2) is 13.1 Å². The van der Waals surface area contributed by atoms with E-state index < -0.39 is 0 Å². The Morgan fingerprint density at radius 3 is 1.00 bits per heavy atom. The van der Waals surface area contributed by atoms with E-state index in [1.807, 2.05) is 0 Å². The molecule has 0 fully saturated rings. The van der Waals surface area contributed by atoms with E-state index in [2.05, 4.69) is 19.2 Å². The molecule has 1 nitrogen and oxygen atoms in total. The lowest BCUT2D eigenvalue weighted by molar-refractivity contribution is 0.527. The normalized spacial score (nSPS) is 11.1. The van der Waals surface area contributed by atoms with E-state index in [1.165, 1.54) is 103 Å². The average Bonchev–Trinajstić information content (AvgIpc) is 2.50. The molecule has 127 valence electrons. The molecule has 0 aromatic rings. The monoisotopic (exact) mass is 296 g/mol. The Labute approximate surface area is 135 Å². The quantitative estimate of drug-likeness (QED) is 0.245. The molecule has 0 N–H and O–H groups in total. The van der Waals surface area contributed by atoms with Gasteiger partial charge in [-0.05, 0) is 12.8 Å². The second kappa shape index (κ2) is 20.0. The van der Waals surface area contributed by atoms with Gasteiger partial charge in [0.15, 0.2) is 0 Å². The molecule has 1 radical (unpaired) electrons. The molecule has 0 aliphatic carbocycles. The fourth-order valence-electron chi connectivity index (χ4n) is 2.83. The molecule has 0 unspecified atom stereocenters. The molecule has 0 aromatic carbocycles. The minimum absolute atomic E-state index is 1.12. The van der Waals surface area contributed by atoms with E-state index in [9.17, 15) is 0 Å². The lowest BCUT2D eigenvalue weighted by atomic mass is 10.1. The number of hydrogen-bond donors (Lipinski definition) is 0. The van der Waals surface area contributed by atoms with Crippen LogP contribution in [0.2, 0.25) is 0 Å². The van der Waals surface area contributed by atoms with Crippen molar-refractivity contribution in [3.05, 3.63) is 0 Å². The van der Waals surface area contributed by atoms with E-state index in [4.69, 9.17) is 0 Å². The molecule has 1 heteroatoms. The highest BCUT2D eigenvalue weighted by atomic mass is 14.8. The average molecular weight is 297 g/mol. The van der Waals surface area contributed by atoms with Gasteiger partial charge < -0.3 is 0 Å². The molecule has 21 heavy (non-hydrogen) atoms. The van der Waals surface area contributed by atoms with Gasteiger partial charge in [0.1, 0.15) is 0 Å². The maximum Gasteiger partial charge on any atom is 0.0133 e. The molecular weight excluding hydrogens is 254 g/mol. The maximum absolute atomic E-state index is 4.67. The first-order valence-electron chi connectivity index (χ1n) is 10.0. The first-order chi connectivity index (χ1) is 10.4. The lowest BCUT2D eigenvalue weighted by Crippen LogP contribution is -2.08. The Morgan fingerprint density at radius 1 is 0.381 bits per heavy atom. The van der Waals surface area contributed by atoms with Crippen molar-refractivity contribution in [2.75, 3.05) is 13.1 Å². The predicted octanol–water partition coefficient (Wildman–Crippen LogP) is 6.87. The van der Waals surface area contributed by atoms with Crippen molar-refractivity contribution >= 4 is 0 Å². The lowest BCUT2D eigenvalue weighted by Gasteiger charge is -2.04. The largest absolute Gasteiger partial charge is 0.242 e. The summed E-state index contributed by atoms with van der Waals surface area (Å²) in [6, 6.07) is 0. The van der Waals surface area contributed by atoms with E-state index in [0.717, 1.165) is 13.1 Å². The first kappa shape index (κ1) is 21.0. The molecular formula is C20H42N. The van der Waals surface area contributed by atoms with Crippen LogP contribution in [0.5, 0.6) is 0 Å². The first-order valence-corrected chi connectivity index (χ1v) is 10.0. The van der Waals surface area contributed by atoms with Crippen LogP contribution in [0.4, 0.5) is 0 Å². The number of unbranched alkanes of at least 4 members (excludes halogenated alkanes) is 14. The van der Waals surface area contributed by atoms with Gasteiger partial charge in [0.25, 0.3) is 0 Å². The van der Waals surface area contributed by atoms with E-state index in [-0.39, 0.29) is 0 Å².